The molecule has 1 aromatic rings. The van der Waals surface area contributed by atoms with Gasteiger partial charge >= 0.3 is 0 Å². The lowest BCUT2D eigenvalue weighted by molar-refractivity contribution is 0.202. The van der Waals surface area contributed by atoms with Crippen molar-refractivity contribution in [1.82, 2.24) is 14.5 Å². The maximum absolute atomic E-state index is 4.44. The molecule has 0 spiro atoms. The maximum Gasteiger partial charge on any atom is 0.203 e. The highest BCUT2D eigenvalue weighted by atomic mass is 15.3. The lowest BCUT2D eigenvalue weighted by Gasteiger charge is -2.30. The number of rotatable bonds is 5. The molecule has 0 amide bonds. The summed E-state index contributed by atoms with van der Waals surface area (Å²) in [6, 6.07) is 1.18. The molecule has 0 aromatic carbocycles. The summed E-state index contributed by atoms with van der Waals surface area (Å²) >= 11 is 0. The minimum absolute atomic E-state index is 0.506. The number of anilines is 1. The van der Waals surface area contributed by atoms with Crippen molar-refractivity contribution in [2.24, 2.45) is 0 Å². The van der Waals surface area contributed by atoms with E-state index in [1.807, 2.05) is 6.20 Å². The van der Waals surface area contributed by atoms with Crippen LogP contribution in [0.25, 0.3) is 0 Å². The van der Waals surface area contributed by atoms with Crippen LogP contribution in [-0.4, -0.2) is 40.1 Å². The van der Waals surface area contributed by atoms with Gasteiger partial charge in [0, 0.05) is 31.0 Å². The summed E-state index contributed by atoms with van der Waals surface area (Å²) < 4.78 is 2.30. The Morgan fingerprint density at radius 1 is 1.33 bits per heavy atom. The van der Waals surface area contributed by atoms with Gasteiger partial charge in [-0.2, -0.15) is 0 Å². The van der Waals surface area contributed by atoms with Crippen molar-refractivity contribution in [3.8, 4) is 0 Å². The second-order valence-electron chi connectivity index (χ2n) is 5.79. The van der Waals surface area contributed by atoms with Crippen molar-refractivity contribution < 1.29 is 0 Å². The van der Waals surface area contributed by atoms with E-state index in [1.165, 1.54) is 45.2 Å². The summed E-state index contributed by atoms with van der Waals surface area (Å²) in [6.07, 6.45) is 10.8. The van der Waals surface area contributed by atoms with E-state index >= 15 is 0 Å². The highest BCUT2D eigenvalue weighted by molar-refractivity contribution is 5.30. The van der Waals surface area contributed by atoms with Crippen LogP contribution in [0.5, 0.6) is 0 Å². The Morgan fingerprint density at radius 2 is 2.11 bits per heavy atom. The first-order valence-electron chi connectivity index (χ1n) is 7.34. The molecule has 18 heavy (non-hydrogen) atoms. The van der Waals surface area contributed by atoms with E-state index in [-0.39, 0.29) is 0 Å². The van der Waals surface area contributed by atoms with Crippen LogP contribution in [0.15, 0.2) is 12.4 Å². The van der Waals surface area contributed by atoms with Crippen molar-refractivity contribution in [1.29, 1.82) is 0 Å². The molecular weight excluding hydrogens is 224 g/mol. The molecule has 1 aliphatic heterocycles. The molecule has 2 heterocycles. The van der Waals surface area contributed by atoms with Crippen LogP contribution >= 0.6 is 0 Å². The molecule has 1 atom stereocenters. The third-order valence-electron chi connectivity index (χ3n) is 4.03. The molecule has 1 saturated carbocycles. The van der Waals surface area contributed by atoms with Gasteiger partial charge in [0.1, 0.15) is 0 Å². The molecule has 1 unspecified atom stereocenters. The van der Waals surface area contributed by atoms with Crippen LogP contribution in [0, 0.1) is 0 Å². The van der Waals surface area contributed by atoms with Gasteiger partial charge in [-0.1, -0.05) is 6.42 Å². The van der Waals surface area contributed by atoms with E-state index in [0.29, 0.717) is 12.1 Å². The number of imidazole rings is 1. The van der Waals surface area contributed by atoms with E-state index < -0.39 is 0 Å². The van der Waals surface area contributed by atoms with E-state index in [1.54, 1.807) is 0 Å². The number of nitrogens with zero attached hydrogens (tertiary/aromatic N) is 3. The van der Waals surface area contributed by atoms with Crippen LogP contribution < -0.4 is 5.32 Å². The van der Waals surface area contributed by atoms with E-state index in [0.717, 1.165) is 12.5 Å². The number of piperidine rings is 1. The van der Waals surface area contributed by atoms with Gasteiger partial charge in [0.15, 0.2) is 0 Å². The first kappa shape index (κ1) is 12.0. The van der Waals surface area contributed by atoms with Gasteiger partial charge in [-0.3, -0.25) is 0 Å². The first-order chi connectivity index (χ1) is 8.83. The third-order valence-corrected chi connectivity index (χ3v) is 4.03. The Hall–Kier alpha value is -1.03. The molecule has 2 aliphatic rings. The molecular formula is C14H24N4. The lowest BCUT2D eigenvalue weighted by Crippen LogP contribution is -2.34. The van der Waals surface area contributed by atoms with Gasteiger partial charge in [-0.05, 0) is 45.7 Å². The largest absolute Gasteiger partial charge is 0.353 e. The van der Waals surface area contributed by atoms with Crippen LogP contribution in [0.1, 0.15) is 45.1 Å². The van der Waals surface area contributed by atoms with E-state index in [2.05, 4.69) is 32.9 Å². The fraction of sp³-hybridized carbons (Fsp3) is 0.786. The van der Waals surface area contributed by atoms with Gasteiger partial charge in [0.05, 0.1) is 0 Å². The average molecular weight is 248 g/mol. The number of nitrogens with one attached hydrogen (secondary N) is 1. The number of likely N-dealkylation sites (tertiary alicyclic amines) is 1. The Labute approximate surface area is 109 Å². The SMILES string of the molecule is CC(CN1CCCCC1)n1ccnc1NC1CC1. The number of hydrogen-bond acceptors (Lipinski definition) is 3. The highest BCUT2D eigenvalue weighted by Crippen LogP contribution is 2.25. The van der Waals surface area contributed by atoms with Crippen LogP contribution in [0.3, 0.4) is 0 Å². The minimum Gasteiger partial charge on any atom is -0.353 e. The number of hydrogen-bond donors (Lipinski definition) is 1. The molecule has 3 rings (SSSR count). The van der Waals surface area contributed by atoms with Crippen LogP contribution in [0.2, 0.25) is 0 Å². The summed E-state index contributed by atoms with van der Waals surface area (Å²) in [6.45, 7) is 5.99. The fourth-order valence-corrected chi connectivity index (χ4v) is 2.79. The minimum atomic E-state index is 0.506. The van der Waals surface area contributed by atoms with Crippen molar-refractivity contribution >= 4 is 5.95 Å². The third kappa shape index (κ3) is 2.86. The number of aromatic nitrogens is 2. The molecule has 1 saturated heterocycles. The zero-order valence-corrected chi connectivity index (χ0v) is 11.3. The van der Waals surface area contributed by atoms with Gasteiger partial charge in [0.2, 0.25) is 5.95 Å². The Balaban J connectivity index is 1.59. The molecule has 1 aromatic heterocycles. The lowest BCUT2D eigenvalue weighted by atomic mass is 10.1. The standard InChI is InChI=1S/C14H24N4/c1-12(11-17-8-3-2-4-9-17)18-10-7-15-14(18)16-13-5-6-13/h7,10,12-13H,2-6,8-9,11H2,1H3,(H,15,16). The predicted molar refractivity (Wildman–Crippen MR) is 73.9 cm³/mol. The molecule has 0 bridgehead atoms. The second-order valence-corrected chi connectivity index (χ2v) is 5.79. The quantitative estimate of drug-likeness (QED) is 0.869. The van der Waals surface area contributed by atoms with Gasteiger partial charge in [-0.15, -0.1) is 0 Å². The van der Waals surface area contributed by atoms with Crippen molar-refractivity contribution in [2.45, 2.75) is 51.1 Å². The zero-order valence-electron chi connectivity index (χ0n) is 11.3. The topological polar surface area (TPSA) is 33.1 Å². The average Bonchev–Trinajstić information content (AvgIpc) is 3.06. The van der Waals surface area contributed by atoms with Gasteiger partial charge in [-0.25, -0.2) is 4.98 Å². The zero-order chi connectivity index (χ0) is 12.4. The van der Waals surface area contributed by atoms with Gasteiger partial charge in [0.25, 0.3) is 0 Å². The summed E-state index contributed by atoms with van der Waals surface area (Å²) in [7, 11) is 0. The summed E-state index contributed by atoms with van der Waals surface area (Å²) in [5.41, 5.74) is 0. The Kier molecular flexibility index (Phi) is 3.55. The first-order valence-corrected chi connectivity index (χ1v) is 7.34. The van der Waals surface area contributed by atoms with Gasteiger partial charge < -0.3 is 14.8 Å². The van der Waals surface area contributed by atoms with E-state index in [4.69, 9.17) is 0 Å². The Bertz CT molecular complexity index is 377. The van der Waals surface area contributed by atoms with Crippen LogP contribution in [0.4, 0.5) is 5.95 Å². The van der Waals surface area contributed by atoms with E-state index in [9.17, 15) is 0 Å². The van der Waals surface area contributed by atoms with Crippen molar-refractivity contribution in [3.63, 3.8) is 0 Å². The normalized spacial score (nSPS) is 22.9. The van der Waals surface area contributed by atoms with Crippen molar-refractivity contribution in [2.75, 3.05) is 25.0 Å². The smallest absolute Gasteiger partial charge is 0.203 e. The monoisotopic (exact) mass is 248 g/mol. The molecule has 4 nitrogen and oxygen atoms in total. The fourth-order valence-electron chi connectivity index (χ4n) is 2.79. The Morgan fingerprint density at radius 3 is 2.83 bits per heavy atom. The molecule has 1 N–H and O–H groups in total. The van der Waals surface area contributed by atoms with Crippen LogP contribution in [-0.2, 0) is 0 Å². The molecule has 4 heteroatoms. The summed E-state index contributed by atoms with van der Waals surface area (Å²) in [5.74, 6) is 1.06. The highest BCUT2D eigenvalue weighted by Gasteiger charge is 2.24. The second kappa shape index (κ2) is 5.31. The maximum atomic E-state index is 4.44. The molecule has 100 valence electrons. The molecule has 2 fully saturated rings. The van der Waals surface area contributed by atoms with Crippen molar-refractivity contribution in [3.05, 3.63) is 12.4 Å². The summed E-state index contributed by atoms with van der Waals surface area (Å²) in [4.78, 5) is 7.04. The molecule has 1 aliphatic carbocycles. The summed E-state index contributed by atoms with van der Waals surface area (Å²) in [5, 5.41) is 3.52. The molecule has 0 radical (unpaired) electrons. The predicted octanol–water partition coefficient (Wildman–Crippen LogP) is 2.50.